The fourth-order valence-corrected chi connectivity index (χ4v) is 1.79. The summed E-state index contributed by atoms with van der Waals surface area (Å²) in [6.07, 6.45) is 2.36. The maximum absolute atomic E-state index is 11.8. The summed E-state index contributed by atoms with van der Waals surface area (Å²) in [6, 6.07) is 9.73. The van der Waals surface area contributed by atoms with Gasteiger partial charge in [-0.2, -0.15) is 0 Å². The van der Waals surface area contributed by atoms with Crippen molar-refractivity contribution in [1.82, 2.24) is 4.98 Å². The van der Waals surface area contributed by atoms with E-state index in [9.17, 15) is 4.79 Å². The topological polar surface area (TPSA) is 68.0 Å². The first-order valence-corrected chi connectivity index (χ1v) is 6.06. The highest BCUT2D eigenvalue weighted by Gasteiger charge is 2.12. The average Bonchev–Trinajstić information content (AvgIpc) is 2.39. The molecule has 2 aromatic rings. The number of nitrogens with one attached hydrogen (secondary N) is 1. The average molecular weight is 243 g/mol. The molecule has 1 atom stereocenters. The third-order valence-electron chi connectivity index (χ3n) is 2.91. The fraction of sp³-hybridized carbons (Fsp3) is 0.286. The number of rotatable bonds is 4. The summed E-state index contributed by atoms with van der Waals surface area (Å²) in [4.78, 5) is 16.1. The van der Waals surface area contributed by atoms with Crippen LogP contribution in [0.1, 0.15) is 13.3 Å². The lowest BCUT2D eigenvalue weighted by molar-refractivity contribution is -0.119. The van der Waals surface area contributed by atoms with E-state index in [1.807, 2.05) is 37.3 Å². The van der Waals surface area contributed by atoms with Crippen molar-refractivity contribution in [2.24, 2.45) is 11.7 Å². The molecule has 3 N–H and O–H groups in total. The molecule has 2 rings (SSSR count). The zero-order valence-corrected chi connectivity index (χ0v) is 10.4. The SMILES string of the molecule is CC(CCN)C(=O)Nc1cnc2ccccc2c1. The number of nitrogens with zero attached hydrogens (tertiary/aromatic N) is 1. The summed E-state index contributed by atoms with van der Waals surface area (Å²) < 4.78 is 0. The molecule has 1 aromatic carbocycles. The lowest BCUT2D eigenvalue weighted by atomic mass is 10.1. The van der Waals surface area contributed by atoms with Crippen LogP contribution in [-0.4, -0.2) is 17.4 Å². The van der Waals surface area contributed by atoms with Crippen LogP contribution in [0.25, 0.3) is 10.9 Å². The monoisotopic (exact) mass is 243 g/mol. The molecule has 0 bridgehead atoms. The number of hydrogen-bond acceptors (Lipinski definition) is 3. The molecule has 1 heterocycles. The van der Waals surface area contributed by atoms with E-state index in [1.165, 1.54) is 0 Å². The van der Waals surface area contributed by atoms with Crippen molar-refractivity contribution >= 4 is 22.5 Å². The Hall–Kier alpha value is -1.94. The first-order valence-electron chi connectivity index (χ1n) is 6.06. The van der Waals surface area contributed by atoms with Gasteiger partial charge >= 0.3 is 0 Å². The summed E-state index contributed by atoms with van der Waals surface area (Å²) in [6.45, 7) is 2.39. The van der Waals surface area contributed by atoms with Crippen molar-refractivity contribution in [2.45, 2.75) is 13.3 Å². The molecule has 4 nitrogen and oxygen atoms in total. The molecular formula is C14H17N3O. The van der Waals surface area contributed by atoms with Crippen LogP contribution in [0, 0.1) is 5.92 Å². The smallest absolute Gasteiger partial charge is 0.227 e. The summed E-state index contributed by atoms with van der Waals surface area (Å²) in [5.74, 6) is -0.0981. The van der Waals surface area contributed by atoms with Gasteiger partial charge in [0.25, 0.3) is 0 Å². The number of amides is 1. The molecule has 18 heavy (non-hydrogen) atoms. The third kappa shape index (κ3) is 2.84. The second-order valence-corrected chi connectivity index (χ2v) is 4.38. The molecule has 0 aliphatic rings. The summed E-state index contributed by atoms with van der Waals surface area (Å²) in [7, 11) is 0. The summed E-state index contributed by atoms with van der Waals surface area (Å²) >= 11 is 0. The number of pyridine rings is 1. The zero-order valence-electron chi connectivity index (χ0n) is 10.4. The van der Waals surface area contributed by atoms with E-state index >= 15 is 0 Å². The Morgan fingerprint density at radius 1 is 1.44 bits per heavy atom. The number of nitrogens with two attached hydrogens (primary N) is 1. The lowest BCUT2D eigenvalue weighted by Crippen LogP contribution is -2.22. The van der Waals surface area contributed by atoms with E-state index in [0.717, 1.165) is 16.6 Å². The van der Waals surface area contributed by atoms with E-state index in [4.69, 9.17) is 5.73 Å². The molecule has 0 saturated heterocycles. The van der Waals surface area contributed by atoms with Crippen molar-refractivity contribution < 1.29 is 4.79 Å². The van der Waals surface area contributed by atoms with E-state index in [-0.39, 0.29) is 11.8 Å². The quantitative estimate of drug-likeness (QED) is 0.864. The standard InChI is InChI=1S/C14H17N3O/c1-10(6-7-15)14(18)17-12-8-11-4-2-3-5-13(11)16-9-12/h2-5,8-10H,6-7,15H2,1H3,(H,17,18). The number of carbonyl (C=O) groups excluding carboxylic acids is 1. The Morgan fingerprint density at radius 2 is 2.22 bits per heavy atom. The van der Waals surface area contributed by atoms with Crippen LogP contribution in [-0.2, 0) is 4.79 Å². The fourth-order valence-electron chi connectivity index (χ4n) is 1.79. The maximum Gasteiger partial charge on any atom is 0.227 e. The van der Waals surface area contributed by atoms with Crippen molar-refractivity contribution in [3.63, 3.8) is 0 Å². The van der Waals surface area contributed by atoms with Gasteiger partial charge in [-0.15, -0.1) is 0 Å². The molecule has 1 aromatic heterocycles. The van der Waals surface area contributed by atoms with E-state index in [2.05, 4.69) is 10.3 Å². The second kappa shape index (κ2) is 5.60. The Balaban J connectivity index is 2.14. The number of anilines is 1. The predicted octanol–water partition coefficient (Wildman–Crippen LogP) is 2.16. The molecule has 0 saturated carbocycles. The van der Waals surface area contributed by atoms with Crippen molar-refractivity contribution in [2.75, 3.05) is 11.9 Å². The molecule has 0 aliphatic heterocycles. The Morgan fingerprint density at radius 3 is 3.00 bits per heavy atom. The number of fused-ring (bicyclic) bond motifs is 1. The van der Waals surface area contributed by atoms with Crippen LogP contribution < -0.4 is 11.1 Å². The van der Waals surface area contributed by atoms with Gasteiger partial charge in [0.2, 0.25) is 5.91 Å². The van der Waals surface area contributed by atoms with Gasteiger partial charge in [-0.3, -0.25) is 9.78 Å². The number of aromatic nitrogens is 1. The summed E-state index contributed by atoms with van der Waals surface area (Å²) in [5.41, 5.74) is 7.09. The van der Waals surface area contributed by atoms with Crippen molar-refractivity contribution in [3.8, 4) is 0 Å². The molecular weight excluding hydrogens is 226 g/mol. The molecule has 1 unspecified atom stereocenters. The number of carbonyl (C=O) groups is 1. The molecule has 4 heteroatoms. The molecule has 94 valence electrons. The number of benzene rings is 1. The first-order chi connectivity index (χ1) is 8.70. The van der Waals surface area contributed by atoms with Crippen molar-refractivity contribution in [1.29, 1.82) is 0 Å². The highest BCUT2D eigenvalue weighted by atomic mass is 16.1. The predicted molar refractivity (Wildman–Crippen MR) is 73.2 cm³/mol. The van der Waals surface area contributed by atoms with Gasteiger partial charge in [0.15, 0.2) is 0 Å². The van der Waals surface area contributed by atoms with Crippen LogP contribution >= 0.6 is 0 Å². The van der Waals surface area contributed by atoms with E-state index in [0.29, 0.717) is 13.0 Å². The van der Waals surface area contributed by atoms with Crippen LogP contribution in [0.15, 0.2) is 36.5 Å². The minimum absolute atomic E-state index is 0.0162. The van der Waals surface area contributed by atoms with Gasteiger partial charge in [0.05, 0.1) is 17.4 Å². The summed E-state index contributed by atoms with van der Waals surface area (Å²) in [5, 5.41) is 3.88. The molecule has 0 spiro atoms. The Bertz CT molecular complexity index is 553. The van der Waals surface area contributed by atoms with E-state index in [1.54, 1.807) is 6.20 Å². The first kappa shape index (κ1) is 12.5. The van der Waals surface area contributed by atoms with E-state index < -0.39 is 0 Å². The minimum Gasteiger partial charge on any atom is -0.330 e. The van der Waals surface area contributed by atoms with Crippen LogP contribution in [0.5, 0.6) is 0 Å². The normalized spacial score (nSPS) is 12.3. The van der Waals surface area contributed by atoms with Gasteiger partial charge in [-0.25, -0.2) is 0 Å². The third-order valence-corrected chi connectivity index (χ3v) is 2.91. The second-order valence-electron chi connectivity index (χ2n) is 4.38. The van der Waals surface area contributed by atoms with Crippen LogP contribution in [0.4, 0.5) is 5.69 Å². The molecule has 0 radical (unpaired) electrons. The number of para-hydroxylation sites is 1. The maximum atomic E-state index is 11.8. The Kier molecular flexibility index (Phi) is 3.89. The molecule has 0 aliphatic carbocycles. The molecule has 0 fully saturated rings. The largest absolute Gasteiger partial charge is 0.330 e. The van der Waals surface area contributed by atoms with Gasteiger partial charge < -0.3 is 11.1 Å². The highest BCUT2D eigenvalue weighted by Crippen LogP contribution is 2.16. The van der Waals surface area contributed by atoms with Crippen molar-refractivity contribution in [3.05, 3.63) is 36.5 Å². The lowest BCUT2D eigenvalue weighted by Gasteiger charge is -2.11. The van der Waals surface area contributed by atoms with Gasteiger partial charge in [-0.1, -0.05) is 25.1 Å². The number of hydrogen-bond donors (Lipinski definition) is 2. The van der Waals surface area contributed by atoms with Crippen LogP contribution in [0.2, 0.25) is 0 Å². The highest BCUT2D eigenvalue weighted by molar-refractivity contribution is 5.94. The zero-order chi connectivity index (χ0) is 13.0. The van der Waals surface area contributed by atoms with Crippen LogP contribution in [0.3, 0.4) is 0 Å². The Labute approximate surface area is 106 Å². The van der Waals surface area contributed by atoms with Gasteiger partial charge in [-0.05, 0) is 25.1 Å². The molecule has 1 amide bonds. The minimum atomic E-state index is -0.0820. The van der Waals surface area contributed by atoms with Gasteiger partial charge in [0, 0.05) is 11.3 Å². The van der Waals surface area contributed by atoms with Gasteiger partial charge in [0.1, 0.15) is 0 Å².